The van der Waals surface area contributed by atoms with E-state index in [4.69, 9.17) is 10.5 Å². The van der Waals surface area contributed by atoms with Gasteiger partial charge >= 0.3 is 0 Å². The van der Waals surface area contributed by atoms with E-state index in [9.17, 15) is 0 Å². The maximum Gasteiger partial charge on any atom is 0.241 e. The molecule has 0 amide bonds. The molecule has 1 fully saturated rings. The molecule has 1 aliphatic rings. The van der Waals surface area contributed by atoms with Crippen molar-refractivity contribution >= 4 is 11.9 Å². The summed E-state index contributed by atoms with van der Waals surface area (Å²) in [5.74, 6) is 1.10. The molecule has 0 radical (unpaired) electrons. The first-order valence-corrected chi connectivity index (χ1v) is 6.55. The van der Waals surface area contributed by atoms with Gasteiger partial charge in [0.25, 0.3) is 0 Å². The van der Waals surface area contributed by atoms with Crippen molar-refractivity contribution in [3.63, 3.8) is 0 Å². The van der Waals surface area contributed by atoms with Gasteiger partial charge in [0.2, 0.25) is 17.8 Å². The van der Waals surface area contributed by atoms with E-state index in [-0.39, 0.29) is 18.1 Å². The van der Waals surface area contributed by atoms with E-state index < -0.39 is 0 Å². The lowest BCUT2D eigenvalue weighted by molar-refractivity contribution is 0.101. The van der Waals surface area contributed by atoms with Gasteiger partial charge in [-0.05, 0) is 19.3 Å². The quantitative estimate of drug-likeness (QED) is 0.842. The van der Waals surface area contributed by atoms with Crippen molar-refractivity contribution in [2.24, 2.45) is 0 Å². The molecule has 0 bridgehead atoms. The highest BCUT2D eigenvalue weighted by Gasteiger charge is 2.27. The van der Waals surface area contributed by atoms with Gasteiger partial charge in [0.15, 0.2) is 0 Å². The van der Waals surface area contributed by atoms with Crippen LogP contribution < -0.4 is 11.1 Å². The second-order valence-electron chi connectivity index (χ2n) is 4.74. The van der Waals surface area contributed by atoms with Crippen molar-refractivity contribution in [3.8, 4) is 5.95 Å². The Morgan fingerprint density at radius 3 is 3.00 bits per heavy atom. The summed E-state index contributed by atoms with van der Waals surface area (Å²) in [6, 6.07) is 0.206. The Kier molecular flexibility index (Phi) is 3.46. The molecule has 2 aromatic heterocycles. The van der Waals surface area contributed by atoms with Crippen LogP contribution in [0.15, 0.2) is 18.7 Å². The number of aromatic nitrogens is 5. The summed E-state index contributed by atoms with van der Waals surface area (Å²) in [6.45, 7) is 0. The lowest BCUT2D eigenvalue weighted by Gasteiger charge is -2.19. The second-order valence-corrected chi connectivity index (χ2v) is 4.74. The number of imidazole rings is 1. The van der Waals surface area contributed by atoms with Crippen LogP contribution in [0.2, 0.25) is 0 Å². The van der Waals surface area contributed by atoms with Crippen LogP contribution in [0.3, 0.4) is 0 Å². The van der Waals surface area contributed by atoms with Gasteiger partial charge in [0.1, 0.15) is 6.33 Å². The summed E-state index contributed by atoms with van der Waals surface area (Å²) in [5, 5.41) is 3.28. The Bertz CT molecular complexity index is 571. The fraction of sp³-hybridized carbons (Fsp3) is 0.500. The van der Waals surface area contributed by atoms with Crippen molar-refractivity contribution in [1.29, 1.82) is 0 Å². The van der Waals surface area contributed by atoms with Gasteiger partial charge in [-0.15, -0.1) is 0 Å². The van der Waals surface area contributed by atoms with Gasteiger partial charge < -0.3 is 15.8 Å². The van der Waals surface area contributed by atoms with Crippen LogP contribution in [-0.4, -0.2) is 43.8 Å². The zero-order chi connectivity index (χ0) is 13.9. The SMILES string of the molecule is COC1CCCC1Nc1nc(N)nc(-n2ccnc2)n1. The Morgan fingerprint density at radius 1 is 1.35 bits per heavy atom. The molecular formula is C12H17N7O. The average molecular weight is 275 g/mol. The first-order chi connectivity index (χ1) is 9.76. The molecule has 1 aliphatic carbocycles. The van der Waals surface area contributed by atoms with Crippen molar-refractivity contribution < 1.29 is 4.74 Å². The summed E-state index contributed by atoms with van der Waals surface area (Å²) in [7, 11) is 1.73. The van der Waals surface area contributed by atoms with E-state index in [0.29, 0.717) is 11.9 Å². The summed E-state index contributed by atoms with van der Waals surface area (Å²) < 4.78 is 7.13. The van der Waals surface area contributed by atoms with Crippen LogP contribution in [0.25, 0.3) is 5.95 Å². The lowest BCUT2D eigenvalue weighted by Crippen LogP contribution is -2.30. The molecule has 3 N–H and O–H groups in total. The Hall–Kier alpha value is -2.22. The maximum absolute atomic E-state index is 5.74. The number of nitrogen functional groups attached to an aromatic ring is 1. The number of nitrogens with zero attached hydrogens (tertiary/aromatic N) is 5. The maximum atomic E-state index is 5.74. The molecule has 2 atom stereocenters. The highest BCUT2D eigenvalue weighted by Crippen LogP contribution is 2.24. The molecule has 0 spiro atoms. The van der Waals surface area contributed by atoms with E-state index in [2.05, 4.69) is 25.3 Å². The summed E-state index contributed by atoms with van der Waals surface area (Å²) in [5.41, 5.74) is 5.74. The fourth-order valence-electron chi connectivity index (χ4n) is 2.48. The third-order valence-electron chi connectivity index (χ3n) is 3.45. The molecule has 2 aromatic rings. The van der Waals surface area contributed by atoms with Gasteiger partial charge in [-0.3, -0.25) is 4.57 Å². The van der Waals surface area contributed by atoms with Gasteiger partial charge in [-0.25, -0.2) is 4.98 Å². The minimum absolute atomic E-state index is 0.179. The van der Waals surface area contributed by atoms with Gasteiger partial charge in [0.05, 0.1) is 12.1 Å². The van der Waals surface area contributed by atoms with Crippen molar-refractivity contribution in [1.82, 2.24) is 24.5 Å². The zero-order valence-electron chi connectivity index (χ0n) is 11.2. The fourth-order valence-corrected chi connectivity index (χ4v) is 2.48. The number of hydrogen-bond donors (Lipinski definition) is 2. The molecule has 2 heterocycles. The van der Waals surface area contributed by atoms with Gasteiger partial charge in [-0.1, -0.05) is 0 Å². The normalized spacial score (nSPS) is 22.1. The van der Waals surface area contributed by atoms with Crippen LogP contribution >= 0.6 is 0 Å². The van der Waals surface area contributed by atoms with E-state index in [0.717, 1.165) is 19.3 Å². The van der Waals surface area contributed by atoms with Crippen LogP contribution in [0, 0.1) is 0 Å². The van der Waals surface area contributed by atoms with Crippen LogP contribution in [0.5, 0.6) is 0 Å². The summed E-state index contributed by atoms with van der Waals surface area (Å²) in [4.78, 5) is 16.6. The molecule has 0 saturated heterocycles. The van der Waals surface area contributed by atoms with Crippen molar-refractivity contribution in [2.45, 2.75) is 31.4 Å². The molecule has 106 valence electrons. The minimum Gasteiger partial charge on any atom is -0.379 e. The van der Waals surface area contributed by atoms with E-state index in [1.807, 2.05) is 0 Å². The number of nitrogens with one attached hydrogen (secondary N) is 1. The molecule has 1 saturated carbocycles. The monoisotopic (exact) mass is 275 g/mol. The van der Waals surface area contributed by atoms with E-state index in [1.165, 1.54) is 0 Å². The first-order valence-electron chi connectivity index (χ1n) is 6.55. The number of methoxy groups -OCH3 is 1. The van der Waals surface area contributed by atoms with E-state index >= 15 is 0 Å². The zero-order valence-corrected chi connectivity index (χ0v) is 11.2. The first kappa shape index (κ1) is 12.8. The summed E-state index contributed by atoms with van der Waals surface area (Å²) >= 11 is 0. The molecule has 8 heteroatoms. The number of hydrogen-bond acceptors (Lipinski definition) is 7. The average Bonchev–Trinajstić information content (AvgIpc) is 3.08. The number of anilines is 2. The smallest absolute Gasteiger partial charge is 0.241 e. The predicted octanol–water partition coefficient (Wildman–Crippen LogP) is 0.619. The van der Waals surface area contributed by atoms with Crippen molar-refractivity contribution in [3.05, 3.63) is 18.7 Å². The van der Waals surface area contributed by atoms with Crippen LogP contribution in [0.1, 0.15) is 19.3 Å². The number of nitrogens with two attached hydrogens (primary N) is 1. The molecule has 8 nitrogen and oxygen atoms in total. The Morgan fingerprint density at radius 2 is 2.25 bits per heavy atom. The standard InChI is InChI=1S/C12H17N7O/c1-20-9-4-2-3-8(9)15-11-16-10(13)17-12(18-11)19-6-5-14-7-19/h5-9H,2-4H2,1H3,(H3,13,15,16,17,18). The predicted molar refractivity (Wildman–Crippen MR) is 73.4 cm³/mol. The highest BCUT2D eigenvalue weighted by atomic mass is 16.5. The van der Waals surface area contributed by atoms with Crippen LogP contribution in [0.4, 0.5) is 11.9 Å². The third kappa shape index (κ3) is 2.55. The summed E-state index contributed by atoms with van der Waals surface area (Å²) in [6.07, 6.45) is 8.42. The number of rotatable bonds is 4. The molecular weight excluding hydrogens is 258 g/mol. The van der Waals surface area contributed by atoms with Gasteiger partial charge in [-0.2, -0.15) is 15.0 Å². The Balaban J connectivity index is 1.83. The topological polar surface area (TPSA) is 104 Å². The van der Waals surface area contributed by atoms with Crippen molar-refractivity contribution in [2.75, 3.05) is 18.2 Å². The highest BCUT2D eigenvalue weighted by molar-refractivity contribution is 5.36. The molecule has 0 aromatic carbocycles. The molecule has 20 heavy (non-hydrogen) atoms. The second kappa shape index (κ2) is 5.41. The van der Waals surface area contributed by atoms with E-state index in [1.54, 1.807) is 30.4 Å². The number of ether oxygens (including phenoxy) is 1. The molecule has 3 rings (SSSR count). The largest absolute Gasteiger partial charge is 0.379 e. The van der Waals surface area contributed by atoms with Gasteiger partial charge in [0, 0.05) is 19.5 Å². The molecule has 0 aliphatic heterocycles. The third-order valence-corrected chi connectivity index (χ3v) is 3.45. The lowest BCUT2D eigenvalue weighted by atomic mass is 10.2. The molecule has 2 unspecified atom stereocenters. The Labute approximate surface area is 116 Å². The van der Waals surface area contributed by atoms with Crippen LogP contribution in [-0.2, 0) is 4.74 Å². The minimum atomic E-state index is 0.179.